The van der Waals surface area contributed by atoms with E-state index in [2.05, 4.69) is 37.0 Å². The Morgan fingerprint density at radius 2 is 1.71 bits per heavy atom. The molecule has 3 aromatic carbocycles. The first kappa shape index (κ1) is 21.3. The maximum absolute atomic E-state index is 12.7. The molecule has 2 heterocycles. The minimum absolute atomic E-state index is 0.409. The molecular formula is C26H22N6O2. The molecule has 0 saturated carbocycles. The van der Waals surface area contributed by atoms with Crippen molar-refractivity contribution in [3.8, 4) is 11.4 Å². The smallest absolute Gasteiger partial charge is 0.258 e. The number of amides is 2. The van der Waals surface area contributed by atoms with Crippen LogP contribution in [0.3, 0.4) is 0 Å². The van der Waals surface area contributed by atoms with Crippen molar-refractivity contribution in [2.24, 2.45) is 0 Å². The van der Waals surface area contributed by atoms with Gasteiger partial charge in [-0.15, -0.1) is 10.2 Å². The molecule has 8 heteroatoms. The second-order valence-electron chi connectivity index (χ2n) is 8.22. The number of fused-ring (bicyclic) bond motifs is 1. The van der Waals surface area contributed by atoms with Gasteiger partial charge in [0.15, 0.2) is 0 Å². The first-order valence-electron chi connectivity index (χ1n) is 10.9. The van der Waals surface area contributed by atoms with Crippen molar-refractivity contribution >= 4 is 17.9 Å². The normalized spacial score (nSPS) is 12.3. The summed E-state index contributed by atoms with van der Waals surface area (Å²) in [4.78, 5) is 27.3. The predicted molar refractivity (Wildman–Crippen MR) is 127 cm³/mol. The topological polar surface area (TPSA) is 104 Å². The predicted octanol–water partition coefficient (Wildman–Crippen LogP) is 3.73. The van der Waals surface area contributed by atoms with Gasteiger partial charge in [-0.3, -0.25) is 14.9 Å². The zero-order chi connectivity index (χ0) is 23.5. The summed E-state index contributed by atoms with van der Waals surface area (Å²) in [6.45, 7) is 3.32. The Bertz CT molecular complexity index is 1360. The zero-order valence-electron chi connectivity index (χ0n) is 18.5. The molecular weight excluding hydrogens is 428 g/mol. The maximum atomic E-state index is 12.7. The Labute approximate surface area is 196 Å². The van der Waals surface area contributed by atoms with Crippen LogP contribution in [-0.2, 0) is 13.1 Å². The average molecular weight is 451 g/mol. The number of H-pyrrole nitrogens is 1. The minimum atomic E-state index is -0.411. The highest BCUT2D eigenvalue weighted by molar-refractivity contribution is 6.10. The second kappa shape index (κ2) is 9.11. The van der Waals surface area contributed by atoms with Crippen LogP contribution >= 0.6 is 0 Å². The molecule has 1 aliphatic rings. The average Bonchev–Trinajstić information content (AvgIpc) is 3.39. The molecule has 0 bridgehead atoms. The molecule has 0 atom stereocenters. The molecule has 0 fully saturated rings. The van der Waals surface area contributed by atoms with Gasteiger partial charge in [0, 0.05) is 36.0 Å². The van der Waals surface area contributed by atoms with E-state index in [0.717, 1.165) is 27.8 Å². The number of hydrogen-bond acceptors (Lipinski definition) is 6. The lowest BCUT2D eigenvalue weighted by Gasteiger charge is -2.26. The van der Waals surface area contributed by atoms with Crippen molar-refractivity contribution in [1.29, 1.82) is 0 Å². The fraction of sp³-hybridized carbons (Fsp3) is 0.115. The third-order valence-corrected chi connectivity index (χ3v) is 5.73. The van der Waals surface area contributed by atoms with Crippen LogP contribution in [0.5, 0.6) is 0 Å². The lowest BCUT2D eigenvalue weighted by Crippen LogP contribution is -2.30. The van der Waals surface area contributed by atoms with Crippen LogP contribution in [0.4, 0.5) is 0 Å². The number of aryl methyl sites for hydroxylation is 1. The number of hydrogen-bond donors (Lipinski definition) is 2. The molecule has 0 radical (unpaired) electrons. The van der Waals surface area contributed by atoms with Crippen LogP contribution < -0.4 is 5.32 Å². The van der Waals surface area contributed by atoms with Gasteiger partial charge in [-0.2, -0.15) is 5.21 Å². The van der Waals surface area contributed by atoms with Crippen molar-refractivity contribution in [1.82, 2.24) is 30.8 Å². The van der Waals surface area contributed by atoms with Crippen LogP contribution in [0.2, 0.25) is 0 Å². The summed E-state index contributed by atoms with van der Waals surface area (Å²) in [6.07, 6.45) is 4.09. The first-order valence-corrected chi connectivity index (χ1v) is 10.9. The zero-order valence-corrected chi connectivity index (χ0v) is 18.5. The SMILES string of the molecule is Cc1ccc(C(=O)NC(=O)c2ccc3c(c2)CN(Cc2ccc(-c4nn[nH]n4)cc2)C=C3)cc1. The van der Waals surface area contributed by atoms with Gasteiger partial charge < -0.3 is 4.90 Å². The lowest BCUT2D eigenvalue weighted by atomic mass is 10.00. The Hall–Kier alpha value is -4.59. The molecule has 0 saturated heterocycles. The van der Waals surface area contributed by atoms with Gasteiger partial charge >= 0.3 is 0 Å². The maximum Gasteiger partial charge on any atom is 0.258 e. The molecule has 8 nitrogen and oxygen atoms in total. The van der Waals surface area contributed by atoms with E-state index in [4.69, 9.17) is 0 Å². The summed E-state index contributed by atoms with van der Waals surface area (Å²) in [5, 5.41) is 16.5. The summed E-state index contributed by atoms with van der Waals surface area (Å²) in [5.74, 6) is -0.259. The lowest BCUT2D eigenvalue weighted by molar-refractivity contribution is 0.0849. The quantitative estimate of drug-likeness (QED) is 0.449. The summed E-state index contributed by atoms with van der Waals surface area (Å²) in [5.41, 5.74) is 6.09. The Morgan fingerprint density at radius 3 is 2.44 bits per heavy atom. The summed E-state index contributed by atoms with van der Waals surface area (Å²) < 4.78 is 0. The largest absolute Gasteiger partial charge is 0.369 e. The summed E-state index contributed by atoms with van der Waals surface area (Å²) in [7, 11) is 0. The molecule has 0 aliphatic carbocycles. The van der Waals surface area contributed by atoms with Gasteiger partial charge in [0.05, 0.1) is 0 Å². The van der Waals surface area contributed by atoms with E-state index in [1.165, 1.54) is 0 Å². The van der Waals surface area contributed by atoms with Gasteiger partial charge in [-0.25, -0.2) is 0 Å². The number of nitrogens with one attached hydrogen (secondary N) is 2. The van der Waals surface area contributed by atoms with Crippen LogP contribution in [0, 0.1) is 6.92 Å². The van der Waals surface area contributed by atoms with Crippen molar-refractivity contribution in [3.05, 3.63) is 106 Å². The number of carbonyl (C=O) groups excluding carboxylic acids is 2. The van der Waals surface area contributed by atoms with Gasteiger partial charge in [0.25, 0.3) is 11.8 Å². The number of carbonyl (C=O) groups is 2. The molecule has 0 unspecified atom stereocenters. The highest BCUT2D eigenvalue weighted by Gasteiger charge is 2.16. The van der Waals surface area contributed by atoms with E-state index >= 15 is 0 Å². The Morgan fingerprint density at radius 1 is 0.971 bits per heavy atom. The second-order valence-corrected chi connectivity index (χ2v) is 8.22. The van der Waals surface area contributed by atoms with E-state index in [1.807, 2.05) is 61.5 Å². The van der Waals surface area contributed by atoms with Crippen molar-refractivity contribution in [3.63, 3.8) is 0 Å². The number of nitrogens with zero attached hydrogens (tertiary/aromatic N) is 4. The van der Waals surface area contributed by atoms with E-state index < -0.39 is 11.8 Å². The molecule has 168 valence electrons. The standard InChI is InChI=1S/C26H22N6O2/c1-17-2-6-21(7-3-17)25(33)27-26(34)22-11-10-19-12-13-32(16-23(19)14-22)15-18-4-8-20(9-5-18)24-28-30-31-29-24/h2-14H,15-16H2,1H3,(H,27,33,34)(H,28,29,30,31). The van der Waals surface area contributed by atoms with Gasteiger partial charge in [-0.05, 0) is 59.2 Å². The van der Waals surface area contributed by atoms with Crippen LogP contribution in [0.25, 0.3) is 17.5 Å². The minimum Gasteiger partial charge on any atom is -0.369 e. The third kappa shape index (κ3) is 4.61. The fourth-order valence-electron chi connectivity index (χ4n) is 3.84. The van der Waals surface area contributed by atoms with Gasteiger partial charge in [0.1, 0.15) is 0 Å². The van der Waals surface area contributed by atoms with Crippen LogP contribution in [0.15, 0.2) is 72.9 Å². The fourth-order valence-corrected chi connectivity index (χ4v) is 3.84. The molecule has 0 spiro atoms. The van der Waals surface area contributed by atoms with Crippen LogP contribution in [-0.4, -0.2) is 37.3 Å². The number of rotatable bonds is 5. The van der Waals surface area contributed by atoms with E-state index in [-0.39, 0.29) is 0 Å². The first-order chi connectivity index (χ1) is 16.5. The van der Waals surface area contributed by atoms with E-state index in [9.17, 15) is 9.59 Å². The third-order valence-electron chi connectivity index (χ3n) is 5.73. The highest BCUT2D eigenvalue weighted by atomic mass is 16.2. The number of aromatic amines is 1. The number of benzene rings is 3. The molecule has 2 N–H and O–H groups in total. The molecule has 1 aliphatic heterocycles. The van der Waals surface area contributed by atoms with Gasteiger partial charge in [0.2, 0.25) is 5.82 Å². The summed E-state index contributed by atoms with van der Waals surface area (Å²) >= 11 is 0. The number of aromatic nitrogens is 4. The van der Waals surface area contributed by atoms with E-state index in [0.29, 0.717) is 30.0 Å². The highest BCUT2D eigenvalue weighted by Crippen LogP contribution is 2.23. The molecule has 5 rings (SSSR count). The Kier molecular flexibility index (Phi) is 5.70. The molecule has 1 aromatic heterocycles. The molecule has 34 heavy (non-hydrogen) atoms. The number of tetrazole rings is 1. The van der Waals surface area contributed by atoms with Crippen LogP contribution in [0.1, 0.15) is 43.0 Å². The van der Waals surface area contributed by atoms with Gasteiger partial charge in [-0.1, -0.05) is 48.0 Å². The Balaban J connectivity index is 1.25. The molecule has 4 aromatic rings. The van der Waals surface area contributed by atoms with Crippen molar-refractivity contribution < 1.29 is 9.59 Å². The summed E-state index contributed by atoms with van der Waals surface area (Å²) in [6, 6.07) is 20.6. The monoisotopic (exact) mass is 450 g/mol. The van der Waals surface area contributed by atoms with E-state index in [1.54, 1.807) is 18.2 Å². The van der Waals surface area contributed by atoms with Crippen molar-refractivity contribution in [2.45, 2.75) is 20.0 Å². The molecule has 2 amide bonds. The van der Waals surface area contributed by atoms with Crippen molar-refractivity contribution in [2.75, 3.05) is 0 Å². The number of imide groups is 1.